The van der Waals surface area contributed by atoms with Crippen molar-refractivity contribution in [3.8, 4) is 0 Å². The van der Waals surface area contributed by atoms with E-state index < -0.39 is 11.9 Å². The van der Waals surface area contributed by atoms with Gasteiger partial charge in [0.25, 0.3) is 0 Å². The highest BCUT2D eigenvalue weighted by molar-refractivity contribution is 5.73. The van der Waals surface area contributed by atoms with Crippen LogP contribution in [0, 0.1) is 11.8 Å². The number of quaternary nitrogens is 1. The molecule has 2 N–H and O–H groups in total. The highest BCUT2D eigenvalue weighted by atomic mass is 16.4. The van der Waals surface area contributed by atoms with Crippen molar-refractivity contribution >= 4 is 18.3 Å². The van der Waals surface area contributed by atoms with Crippen LogP contribution in [0.3, 0.4) is 0 Å². The Bertz CT molecular complexity index is 454. The first-order valence-electron chi connectivity index (χ1n) is 7.00. The fraction of sp³-hybridized carbons (Fsp3) is 0.643. The summed E-state index contributed by atoms with van der Waals surface area (Å²) in [7, 11) is 0. The molecule has 1 aliphatic heterocycles. The van der Waals surface area contributed by atoms with Crippen LogP contribution >= 0.6 is 0 Å². The van der Waals surface area contributed by atoms with E-state index in [4.69, 9.17) is 10.2 Å². The SMILES string of the molecule is CC1CCC(C[N+]2=C[N+](CC(=O)O)(CC(=O)O)C=C2)C1. The van der Waals surface area contributed by atoms with Crippen LogP contribution in [0.5, 0.6) is 0 Å². The molecule has 20 heavy (non-hydrogen) atoms. The highest BCUT2D eigenvalue weighted by Gasteiger charge is 2.39. The second-order valence-electron chi connectivity index (χ2n) is 6.10. The van der Waals surface area contributed by atoms with Gasteiger partial charge in [-0.1, -0.05) is 13.3 Å². The lowest BCUT2D eigenvalue weighted by molar-refractivity contribution is -0.774. The molecule has 0 aromatic rings. The van der Waals surface area contributed by atoms with Gasteiger partial charge in [0, 0.05) is 5.92 Å². The number of hydrogen-bond donors (Lipinski definition) is 2. The molecule has 0 radical (unpaired) electrons. The number of carboxylic acid groups (broad SMARTS) is 2. The van der Waals surface area contributed by atoms with Crippen LogP contribution in [0.15, 0.2) is 12.4 Å². The lowest BCUT2D eigenvalue weighted by Crippen LogP contribution is -2.48. The second kappa shape index (κ2) is 5.75. The van der Waals surface area contributed by atoms with E-state index in [1.165, 1.54) is 19.3 Å². The van der Waals surface area contributed by atoms with E-state index in [-0.39, 0.29) is 17.6 Å². The number of rotatable bonds is 6. The number of hydrogen-bond acceptors (Lipinski definition) is 2. The standard InChI is InChI=1S/C14H20N2O4/c1-11-2-3-12(6-11)7-15-4-5-16(10-15,8-13(17)18)9-14(19)20/h4-5,10-12H,2-3,6-9H2,1H3/p+2. The molecule has 0 saturated heterocycles. The van der Waals surface area contributed by atoms with Gasteiger partial charge >= 0.3 is 18.3 Å². The van der Waals surface area contributed by atoms with E-state index in [9.17, 15) is 9.59 Å². The molecule has 1 fully saturated rings. The molecule has 0 aromatic heterocycles. The summed E-state index contributed by atoms with van der Waals surface area (Å²) in [6.45, 7) is 2.62. The monoisotopic (exact) mass is 282 g/mol. The molecule has 0 amide bonds. The zero-order chi connectivity index (χ0) is 14.8. The lowest BCUT2D eigenvalue weighted by Gasteiger charge is -2.19. The maximum atomic E-state index is 11.0. The Morgan fingerprint density at radius 2 is 1.90 bits per heavy atom. The summed E-state index contributed by atoms with van der Waals surface area (Å²) in [5.41, 5.74) is 0. The van der Waals surface area contributed by atoms with Gasteiger partial charge in [-0.05, 0) is 18.8 Å². The summed E-state index contributed by atoms with van der Waals surface area (Å²) >= 11 is 0. The molecule has 6 nitrogen and oxygen atoms in total. The van der Waals surface area contributed by atoms with E-state index in [2.05, 4.69) is 6.92 Å². The van der Waals surface area contributed by atoms with Gasteiger partial charge in [0.05, 0.1) is 0 Å². The second-order valence-corrected chi connectivity index (χ2v) is 6.10. The minimum atomic E-state index is -0.997. The third-order valence-electron chi connectivity index (χ3n) is 4.07. The third-order valence-corrected chi connectivity index (χ3v) is 4.07. The lowest BCUT2D eigenvalue weighted by atomic mass is 10.1. The summed E-state index contributed by atoms with van der Waals surface area (Å²) in [6.07, 6.45) is 8.83. The highest BCUT2D eigenvalue weighted by Crippen LogP contribution is 2.30. The van der Waals surface area contributed by atoms with Gasteiger partial charge in [-0.25, -0.2) is 9.59 Å². The van der Waals surface area contributed by atoms with Crippen molar-refractivity contribution in [2.24, 2.45) is 11.8 Å². The molecule has 0 bridgehead atoms. The van der Waals surface area contributed by atoms with Crippen molar-refractivity contribution < 1.29 is 28.9 Å². The van der Waals surface area contributed by atoms with E-state index in [0.29, 0.717) is 5.92 Å². The Labute approximate surface area is 118 Å². The largest absolute Gasteiger partial charge is 0.477 e. The number of aliphatic carboxylic acids is 2. The van der Waals surface area contributed by atoms with Crippen LogP contribution in [0.1, 0.15) is 26.2 Å². The van der Waals surface area contributed by atoms with E-state index >= 15 is 0 Å². The molecule has 1 heterocycles. The summed E-state index contributed by atoms with van der Waals surface area (Å²) in [5, 5.41) is 18.0. The van der Waals surface area contributed by atoms with Gasteiger partial charge in [0.15, 0.2) is 25.8 Å². The van der Waals surface area contributed by atoms with Crippen molar-refractivity contribution in [1.29, 1.82) is 0 Å². The summed E-state index contributed by atoms with van der Waals surface area (Å²) in [4.78, 5) is 21.9. The molecule has 0 spiro atoms. The Hall–Kier alpha value is -1.69. The molecule has 1 aliphatic carbocycles. The molecule has 2 unspecified atom stereocenters. The smallest absolute Gasteiger partial charge is 0.360 e. The van der Waals surface area contributed by atoms with Gasteiger partial charge in [-0.3, -0.25) is 0 Å². The van der Waals surface area contributed by atoms with Crippen molar-refractivity contribution in [3.05, 3.63) is 12.4 Å². The van der Waals surface area contributed by atoms with Crippen LogP contribution in [-0.2, 0) is 9.59 Å². The summed E-state index contributed by atoms with van der Waals surface area (Å²) in [5.74, 6) is -0.628. The topological polar surface area (TPSA) is 77.6 Å². The van der Waals surface area contributed by atoms with E-state index in [1.54, 1.807) is 12.5 Å². The van der Waals surface area contributed by atoms with E-state index in [0.717, 1.165) is 12.5 Å². The van der Waals surface area contributed by atoms with Gasteiger partial charge in [0.2, 0.25) is 6.20 Å². The summed E-state index contributed by atoms with van der Waals surface area (Å²) in [6, 6.07) is 0. The first-order valence-corrected chi connectivity index (χ1v) is 7.00. The van der Waals surface area contributed by atoms with Crippen molar-refractivity contribution in [1.82, 2.24) is 0 Å². The zero-order valence-electron chi connectivity index (χ0n) is 11.7. The number of nitrogens with zero attached hydrogens (tertiary/aromatic N) is 2. The van der Waals surface area contributed by atoms with Gasteiger partial charge in [-0.2, -0.15) is 9.06 Å². The molecule has 2 rings (SSSR count). The van der Waals surface area contributed by atoms with Gasteiger partial charge in [-0.15, -0.1) is 0 Å². The maximum Gasteiger partial charge on any atom is 0.360 e. The predicted molar refractivity (Wildman–Crippen MR) is 72.1 cm³/mol. The minimum absolute atomic E-state index is 0.146. The van der Waals surface area contributed by atoms with Gasteiger partial charge in [0.1, 0.15) is 0 Å². The quantitative estimate of drug-likeness (QED) is 0.561. The Morgan fingerprint density at radius 3 is 2.40 bits per heavy atom. The van der Waals surface area contributed by atoms with Crippen LogP contribution < -0.4 is 0 Å². The molecule has 1 saturated carbocycles. The predicted octanol–water partition coefficient (Wildman–Crippen LogP) is 0.934. The summed E-state index contributed by atoms with van der Waals surface area (Å²) < 4.78 is 1.81. The third kappa shape index (κ3) is 3.66. The van der Waals surface area contributed by atoms with Crippen molar-refractivity contribution in [3.63, 3.8) is 0 Å². The first-order chi connectivity index (χ1) is 9.38. The molecule has 110 valence electrons. The molecule has 6 heteroatoms. The van der Waals surface area contributed by atoms with Crippen LogP contribution in [-0.4, -0.2) is 57.2 Å². The molecular weight excluding hydrogens is 260 g/mol. The number of carbonyl (C=O) groups is 2. The van der Waals surface area contributed by atoms with Gasteiger partial charge < -0.3 is 10.2 Å². The van der Waals surface area contributed by atoms with Crippen LogP contribution in [0.25, 0.3) is 0 Å². The molecule has 2 atom stereocenters. The average molecular weight is 282 g/mol. The van der Waals surface area contributed by atoms with Crippen LogP contribution in [0.2, 0.25) is 0 Å². The fourth-order valence-corrected chi connectivity index (χ4v) is 3.23. The molecule has 0 aromatic carbocycles. The normalized spacial score (nSPS) is 27.6. The zero-order valence-corrected chi connectivity index (χ0v) is 11.7. The first kappa shape index (κ1) is 14.7. The fourth-order valence-electron chi connectivity index (χ4n) is 3.23. The van der Waals surface area contributed by atoms with Crippen molar-refractivity contribution in [2.45, 2.75) is 26.2 Å². The van der Waals surface area contributed by atoms with E-state index in [1.807, 2.05) is 10.8 Å². The minimum Gasteiger partial charge on any atom is -0.477 e. The Morgan fingerprint density at radius 1 is 1.25 bits per heavy atom. The van der Waals surface area contributed by atoms with Crippen LogP contribution in [0.4, 0.5) is 0 Å². The number of carboxylic acids is 2. The average Bonchev–Trinajstić information content (AvgIpc) is 2.85. The molecular formula is C14H22N2O4+2. The molecule has 2 aliphatic rings. The Balaban J connectivity index is 2.06. The Kier molecular flexibility index (Phi) is 4.23. The van der Waals surface area contributed by atoms with Crippen molar-refractivity contribution in [2.75, 3.05) is 19.6 Å². The maximum absolute atomic E-state index is 11.0.